The first-order valence-corrected chi connectivity index (χ1v) is 11.5. The largest absolute Gasteiger partial charge is 0.467 e. The third-order valence-electron chi connectivity index (χ3n) is 4.92. The molecule has 0 fully saturated rings. The lowest BCUT2D eigenvalue weighted by molar-refractivity contribution is -0.130. The van der Waals surface area contributed by atoms with Crippen LogP contribution in [-0.2, 0) is 11.8 Å². The van der Waals surface area contributed by atoms with E-state index in [1.165, 1.54) is 11.8 Å². The maximum absolute atomic E-state index is 13.1. The summed E-state index contributed by atoms with van der Waals surface area (Å²) in [6.07, 6.45) is 5.70. The Hall–Kier alpha value is -3.24. The van der Waals surface area contributed by atoms with Gasteiger partial charge in [-0.05, 0) is 35.7 Å². The fourth-order valence-corrected chi connectivity index (χ4v) is 4.90. The van der Waals surface area contributed by atoms with Gasteiger partial charge in [-0.15, -0.1) is 21.5 Å². The van der Waals surface area contributed by atoms with Gasteiger partial charge in [0.15, 0.2) is 11.0 Å². The van der Waals surface area contributed by atoms with Gasteiger partial charge in [0.25, 0.3) is 5.91 Å². The van der Waals surface area contributed by atoms with Gasteiger partial charge in [-0.25, -0.2) is 5.01 Å². The lowest BCUT2D eigenvalue weighted by Crippen LogP contribution is -2.28. The van der Waals surface area contributed by atoms with Crippen molar-refractivity contribution in [3.05, 3.63) is 71.1 Å². The number of aromatic nitrogens is 4. The quantitative estimate of drug-likeness (QED) is 0.413. The summed E-state index contributed by atoms with van der Waals surface area (Å²) in [5.74, 6) is 1.52. The van der Waals surface area contributed by atoms with E-state index in [0.717, 1.165) is 21.9 Å². The molecule has 0 bridgehead atoms. The Balaban J connectivity index is 1.34. The van der Waals surface area contributed by atoms with E-state index in [1.54, 1.807) is 35.0 Å². The standard InChI is InChI=1S/C21H18N6O2S2/c1-26-20(14-5-2-8-22-12-14)23-24-21(26)31-13-19(28)27-16(17-6-3-9-29-17)11-15(25-27)18-7-4-10-30-18/h2-10,12,16H,11,13H2,1H3/t16-/m0/s1. The van der Waals surface area contributed by atoms with E-state index in [9.17, 15) is 4.79 Å². The van der Waals surface area contributed by atoms with Gasteiger partial charge >= 0.3 is 0 Å². The molecule has 4 aromatic rings. The molecular weight excluding hydrogens is 432 g/mol. The third-order valence-corrected chi connectivity index (χ3v) is 6.85. The van der Waals surface area contributed by atoms with Crippen LogP contribution in [0.3, 0.4) is 0 Å². The van der Waals surface area contributed by atoms with Gasteiger partial charge in [-0.2, -0.15) is 5.10 Å². The van der Waals surface area contributed by atoms with Crippen molar-refractivity contribution in [1.82, 2.24) is 24.8 Å². The highest BCUT2D eigenvalue weighted by Gasteiger charge is 2.35. The molecule has 5 rings (SSSR count). The molecule has 1 aliphatic heterocycles. The number of carbonyl (C=O) groups excluding carboxylic acids is 1. The summed E-state index contributed by atoms with van der Waals surface area (Å²) in [5.41, 5.74) is 1.77. The van der Waals surface area contributed by atoms with Gasteiger partial charge in [-0.3, -0.25) is 9.78 Å². The molecule has 0 spiro atoms. The van der Waals surface area contributed by atoms with Crippen molar-refractivity contribution in [2.45, 2.75) is 17.6 Å². The summed E-state index contributed by atoms with van der Waals surface area (Å²) in [6, 6.07) is 11.2. The Morgan fingerprint density at radius 1 is 1.26 bits per heavy atom. The van der Waals surface area contributed by atoms with Crippen LogP contribution in [0.25, 0.3) is 11.4 Å². The average molecular weight is 451 g/mol. The molecule has 1 atom stereocenters. The molecule has 31 heavy (non-hydrogen) atoms. The predicted octanol–water partition coefficient (Wildman–Crippen LogP) is 4.00. The SMILES string of the molecule is Cn1c(SCC(=O)N2N=C(c3cccs3)C[C@H]2c2ccco2)nnc1-c1cccnc1. The second-order valence-corrected chi connectivity index (χ2v) is 8.78. The number of rotatable bonds is 6. The van der Waals surface area contributed by atoms with E-state index in [1.807, 2.05) is 53.4 Å². The highest BCUT2D eigenvalue weighted by atomic mass is 32.2. The van der Waals surface area contributed by atoms with E-state index in [4.69, 9.17) is 4.42 Å². The van der Waals surface area contributed by atoms with Crippen molar-refractivity contribution in [2.24, 2.45) is 12.1 Å². The molecule has 0 saturated heterocycles. The molecule has 0 unspecified atom stereocenters. The Bertz CT molecular complexity index is 1200. The van der Waals surface area contributed by atoms with Gasteiger partial charge in [0.1, 0.15) is 11.8 Å². The fraction of sp³-hybridized carbons (Fsp3) is 0.190. The molecule has 8 nitrogen and oxygen atoms in total. The molecule has 5 heterocycles. The predicted molar refractivity (Wildman–Crippen MR) is 119 cm³/mol. The molecule has 1 amide bonds. The van der Waals surface area contributed by atoms with Gasteiger partial charge in [0, 0.05) is 31.4 Å². The Kier molecular flexibility index (Phi) is 5.39. The summed E-state index contributed by atoms with van der Waals surface area (Å²) < 4.78 is 7.46. The van der Waals surface area contributed by atoms with E-state index >= 15 is 0 Å². The van der Waals surface area contributed by atoms with Crippen LogP contribution in [0.2, 0.25) is 0 Å². The average Bonchev–Trinajstić information content (AvgIpc) is 3.59. The molecule has 0 saturated carbocycles. The minimum absolute atomic E-state index is 0.108. The van der Waals surface area contributed by atoms with Crippen LogP contribution in [0.15, 0.2) is 75.1 Å². The van der Waals surface area contributed by atoms with Crippen LogP contribution >= 0.6 is 23.1 Å². The molecule has 10 heteroatoms. The number of hydrogen-bond acceptors (Lipinski definition) is 8. The summed E-state index contributed by atoms with van der Waals surface area (Å²) in [7, 11) is 1.88. The first-order chi connectivity index (χ1) is 15.2. The van der Waals surface area contributed by atoms with Gasteiger partial charge < -0.3 is 8.98 Å². The van der Waals surface area contributed by atoms with E-state index in [0.29, 0.717) is 17.4 Å². The smallest absolute Gasteiger partial charge is 0.253 e. The fourth-order valence-electron chi connectivity index (χ4n) is 3.41. The zero-order valence-corrected chi connectivity index (χ0v) is 18.2. The zero-order valence-electron chi connectivity index (χ0n) is 16.6. The second-order valence-electron chi connectivity index (χ2n) is 6.89. The Morgan fingerprint density at radius 2 is 2.19 bits per heavy atom. The maximum Gasteiger partial charge on any atom is 0.253 e. The number of nitrogens with zero attached hydrogens (tertiary/aromatic N) is 6. The molecule has 1 aliphatic rings. The molecule has 4 aromatic heterocycles. The Labute approximate surface area is 186 Å². The number of hydrogen-bond donors (Lipinski definition) is 0. The number of amides is 1. The van der Waals surface area contributed by atoms with E-state index in [2.05, 4.69) is 20.3 Å². The highest BCUT2D eigenvalue weighted by Crippen LogP contribution is 2.35. The van der Waals surface area contributed by atoms with Crippen LogP contribution < -0.4 is 0 Å². The first kappa shape index (κ1) is 19.7. The zero-order chi connectivity index (χ0) is 21.2. The number of carbonyl (C=O) groups is 1. The van der Waals surface area contributed by atoms with Gasteiger partial charge in [0.05, 0.1) is 22.6 Å². The van der Waals surface area contributed by atoms with Crippen LogP contribution in [0.1, 0.15) is 23.1 Å². The molecular formula is C21H18N6O2S2. The van der Waals surface area contributed by atoms with Crippen LogP contribution in [0.4, 0.5) is 0 Å². The van der Waals surface area contributed by atoms with Gasteiger partial charge in [0.2, 0.25) is 0 Å². The van der Waals surface area contributed by atoms with Crippen molar-refractivity contribution in [1.29, 1.82) is 0 Å². The van der Waals surface area contributed by atoms with Crippen LogP contribution in [-0.4, -0.2) is 42.1 Å². The first-order valence-electron chi connectivity index (χ1n) is 9.60. The second kappa shape index (κ2) is 8.48. The third kappa shape index (κ3) is 3.91. The van der Waals surface area contributed by atoms with Crippen molar-refractivity contribution < 1.29 is 9.21 Å². The minimum Gasteiger partial charge on any atom is -0.467 e. The lowest BCUT2D eigenvalue weighted by Gasteiger charge is -2.19. The van der Waals surface area contributed by atoms with Gasteiger partial charge in [-0.1, -0.05) is 17.8 Å². The topological polar surface area (TPSA) is 89.4 Å². The summed E-state index contributed by atoms with van der Waals surface area (Å²) in [4.78, 5) is 18.3. The van der Waals surface area contributed by atoms with Crippen LogP contribution in [0, 0.1) is 0 Å². The lowest BCUT2D eigenvalue weighted by atomic mass is 10.1. The van der Waals surface area contributed by atoms with Crippen molar-refractivity contribution >= 4 is 34.7 Å². The summed E-state index contributed by atoms with van der Waals surface area (Å²) in [6.45, 7) is 0. The molecule has 156 valence electrons. The minimum atomic E-state index is -0.245. The van der Waals surface area contributed by atoms with Crippen molar-refractivity contribution in [3.63, 3.8) is 0 Å². The monoisotopic (exact) mass is 450 g/mol. The summed E-state index contributed by atoms with van der Waals surface area (Å²) >= 11 is 2.95. The molecule has 0 aromatic carbocycles. The van der Waals surface area contributed by atoms with E-state index in [-0.39, 0.29) is 17.7 Å². The number of hydrazone groups is 1. The maximum atomic E-state index is 13.1. The molecule has 0 radical (unpaired) electrons. The summed E-state index contributed by atoms with van der Waals surface area (Å²) in [5, 5.41) is 17.3. The highest BCUT2D eigenvalue weighted by molar-refractivity contribution is 7.99. The normalized spacial score (nSPS) is 16.0. The van der Waals surface area contributed by atoms with Crippen LogP contribution in [0.5, 0.6) is 0 Å². The number of pyridine rings is 1. The molecule has 0 aliphatic carbocycles. The van der Waals surface area contributed by atoms with Crippen molar-refractivity contribution in [2.75, 3.05) is 5.75 Å². The number of furan rings is 1. The number of thioether (sulfide) groups is 1. The van der Waals surface area contributed by atoms with E-state index < -0.39 is 0 Å². The Morgan fingerprint density at radius 3 is 2.94 bits per heavy atom. The number of thiophene rings is 1. The van der Waals surface area contributed by atoms with Crippen molar-refractivity contribution in [3.8, 4) is 11.4 Å². The molecule has 0 N–H and O–H groups in total.